The van der Waals surface area contributed by atoms with Gasteiger partial charge in [0.2, 0.25) is 0 Å². The Kier molecular flexibility index (Phi) is 27.7. The van der Waals surface area contributed by atoms with Gasteiger partial charge < -0.3 is 39.4 Å². The molecule has 10 nitrogen and oxygen atoms in total. The van der Waals surface area contributed by atoms with Crippen LogP contribution in [0.1, 0.15) is 96.4 Å². The number of thiol groups is 1. The van der Waals surface area contributed by atoms with Crippen molar-refractivity contribution in [1.82, 2.24) is 10.6 Å². The molecule has 0 aromatic heterocycles. The summed E-state index contributed by atoms with van der Waals surface area (Å²) in [6.07, 6.45) is 26.1. The highest BCUT2D eigenvalue weighted by molar-refractivity contribution is 7.81. The monoisotopic (exact) mass is 1090 g/mol. The molecule has 0 radical (unpaired) electrons. The highest BCUT2D eigenvalue weighted by Gasteiger charge is 2.25. The molecule has 2 atom stereocenters. The molecule has 0 fully saturated rings. The van der Waals surface area contributed by atoms with Gasteiger partial charge in [-0.05, 0) is 147 Å². The smallest absolute Gasteiger partial charge is 0.130 e. The van der Waals surface area contributed by atoms with Crippen LogP contribution in [0.15, 0.2) is 228 Å². The second kappa shape index (κ2) is 34.3. The van der Waals surface area contributed by atoms with Crippen LogP contribution < -0.4 is 24.8 Å². The van der Waals surface area contributed by atoms with Crippen molar-refractivity contribution in [2.24, 2.45) is 15.9 Å². The quantitative estimate of drug-likeness (QED) is 0.0117. The Morgan fingerprint density at radius 2 is 1.08 bits per heavy atom. The number of allylic oxidation sites excluding steroid dienone is 10. The van der Waals surface area contributed by atoms with E-state index >= 15 is 0 Å². The average molecular weight is 1090 g/mol. The van der Waals surface area contributed by atoms with E-state index in [0.29, 0.717) is 50.2 Å². The van der Waals surface area contributed by atoms with Crippen LogP contribution >= 0.6 is 12.6 Å². The molecule has 79 heavy (non-hydrogen) atoms. The second-order valence-electron chi connectivity index (χ2n) is 20.0. The van der Waals surface area contributed by atoms with Crippen LogP contribution in [0.5, 0.6) is 23.0 Å². The first-order valence-electron chi connectivity index (χ1n) is 27.1. The number of benzene rings is 4. The van der Waals surface area contributed by atoms with Crippen LogP contribution in [0.2, 0.25) is 0 Å². The number of aromatic hydroxyl groups is 1. The molecule has 2 unspecified atom stereocenters. The van der Waals surface area contributed by atoms with E-state index in [1.54, 1.807) is 30.4 Å². The molecule has 0 saturated heterocycles. The lowest BCUT2D eigenvalue weighted by Gasteiger charge is -2.27. The summed E-state index contributed by atoms with van der Waals surface area (Å²) in [7, 11) is 1.81. The van der Waals surface area contributed by atoms with E-state index in [-0.39, 0.29) is 27.7 Å². The molecular formula is C68H86N4O6S. The summed E-state index contributed by atoms with van der Waals surface area (Å²) in [5, 5.41) is 16.1. The van der Waals surface area contributed by atoms with Crippen LogP contribution in [0.3, 0.4) is 0 Å². The van der Waals surface area contributed by atoms with E-state index in [2.05, 4.69) is 130 Å². The Morgan fingerprint density at radius 1 is 0.620 bits per heavy atom. The van der Waals surface area contributed by atoms with E-state index in [9.17, 15) is 5.11 Å². The van der Waals surface area contributed by atoms with Crippen molar-refractivity contribution >= 4 is 25.1 Å². The standard InChI is InChI=1S/C68H86N4O6S/c1-13-16-21-60(47-74-53(6)25-23-51(4)69-12)71-44-20-18-19-43-70-52(5)24-26-54(7)75-48-61(22-17-14-2)72-45-55(15-3)46-76-63-37-29-58(30-38-63)68(10,11)59-33-41-65(42-34-59)78-50-66(79)49-77-64-39-31-57(32-40-64)67(8,9)56-27-35-62(73)36-28-56/h13-14,16-17,21-44,55,66,69,72-73,79H,4-7,15,18-20,45-50H2,1-3,8-12H3/b16-13-,17-14-,25-23-,26-24-,60-21+,61-22+,70-43?,71-44?. The Hall–Kier alpha value is -7.63. The van der Waals surface area contributed by atoms with Gasteiger partial charge in [-0.3, -0.25) is 9.98 Å². The second-order valence-corrected chi connectivity index (χ2v) is 20.7. The SMILES string of the molecule is C=C(/C=C\C(=C)OC/C(=C\C=C/C)NCC(CC)COc1ccc(C(C)(C)c2ccc(OCC(S)COc3ccc(C(C)(C)c4ccc(O)cc4)cc3)cc2)cc1)N=CCCCC=N/C(=C/C=C\C)COC(=C)/C=C\C(=C)NC. The summed E-state index contributed by atoms with van der Waals surface area (Å²) in [6.45, 7) is 33.6. The molecule has 0 saturated carbocycles. The molecule has 420 valence electrons. The molecule has 0 amide bonds. The number of hydrogen-bond acceptors (Lipinski definition) is 11. The normalized spacial score (nSPS) is 13.4. The Labute approximate surface area is 478 Å². The molecule has 0 bridgehead atoms. The van der Waals surface area contributed by atoms with Crippen LogP contribution in [-0.4, -0.2) is 69.4 Å². The summed E-state index contributed by atoms with van der Waals surface area (Å²) in [5.41, 5.74) is 7.29. The first kappa shape index (κ1) is 63.9. The molecule has 0 aliphatic carbocycles. The van der Waals surface area contributed by atoms with E-state index in [1.165, 1.54) is 11.1 Å². The largest absolute Gasteiger partial charge is 0.508 e. The molecule has 4 rings (SSSR count). The number of likely N-dealkylation sites (N-methyl/N-ethyl adjacent to an activating group) is 1. The Bertz CT molecular complexity index is 2780. The number of phenolic OH excluding ortho intramolecular Hbond substituents is 1. The van der Waals surface area contributed by atoms with Crippen LogP contribution in [-0.2, 0) is 20.3 Å². The van der Waals surface area contributed by atoms with Crippen molar-refractivity contribution in [3.05, 3.63) is 241 Å². The lowest BCUT2D eigenvalue weighted by Crippen LogP contribution is -2.28. The fraction of sp³-hybridized carbons (Fsp3) is 0.324. The van der Waals surface area contributed by atoms with Gasteiger partial charge in [0.1, 0.15) is 60.9 Å². The van der Waals surface area contributed by atoms with Crippen LogP contribution in [0.25, 0.3) is 0 Å². The molecule has 4 aromatic rings. The zero-order valence-electron chi connectivity index (χ0n) is 48.1. The first-order valence-corrected chi connectivity index (χ1v) is 27.6. The maximum atomic E-state index is 9.71. The van der Waals surface area contributed by atoms with Crippen molar-refractivity contribution in [3.8, 4) is 23.0 Å². The molecule has 0 aliphatic heterocycles. The highest BCUT2D eigenvalue weighted by atomic mass is 32.1. The zero-order valence-corrected chi connectivity index (χ0v) is 48.9. The van der Waals surface area contributed by atoms with Crippen molar-refractivity contribution in [2.75, 3.05) is 46.6 Å². The lowest BCUT2D eigenvalue weighted by atomic mass is 9.78. The van der Waals surface area contributed by atoms with Gasteiger partial charge in [-0.1, -0.05) is 134 Å². The molecule has 0 spiro atoms. The summed E-state index contributed by atoms with van der Waals surface area (Å²) >= 11 is 4.74. The van der Waals surface area contributed by atoms with E-state index in [1.807, 2.05) is 112 Å². The van der Waals surface area contributed by atoms with E-state index in [4.69, 9.17) is 36.3 Å². The molecule has 4 aromatic carbocycles. The maximum Gasteiger partial charge on any atom is 0.130 e. The fourth-order valence-corrected chi connectivity index (χ4v) is 7.82. The molecule has 0 heterocycles. The number of nitrogens with zero attached hydrogens (tertiary/aromatic N) is 2. The van der Waals surface area contributed by atoms with Crippen LogP contribution in [0, 0.1) is 5.92 Å². The topological polar surface area (TPSA) is 115 Å². The number of hydrogen-bond donors (Lipinski definition) is 4. The predicted molar refractivity (Wildman–Crippen MR) is 335 cm³/mol. The lowest BCUT2D eigenvalue weighted by molar-refractivity contribution is 0.229. The van der Waals surface area contributed by atoms with Crippen molar-refractivity contribution < 1.29 is 28.8 Å². The summed E-state index contributed by atoms with van der Waals surface area (Å²) in [4.78, 5) is 9.07. The van der Waals surface area contributed by atoms with Gasteiger partial charge in [-0.2, -0.15) is 12.6 Å². The van der Waals surface area contributed by atoms with Crippen molar-refractivity contribution in [1.29, 1.82) is 0 Å². The number of rotatable bonds is 36. The summed E-state index contributed by atoms with van der Waals surface area (Å²) < 4.78 is 30.3. The van der Waals surface area contributed by atoms with Gasteiger partial charge in [0.15, 0.2) is 0 Å². The van der Waals surface area contributed by atoms with Crippen molar-refractivity contribution in [2.45, 2.75) is 90.2 Å². The number of ether oxygens (including phenoxy) is 5. The average Bonchev–Trinajstić information content (AvgIpc) is 3.49. The van der Waals surface area contributed by atoms with Gasteiger partial charge in [0, 0.05) is 54.2 Å². The fourth-order valence-electron chi connectivity index (χ4n) is 7.67. The summed E-state index contributed by atoms with van der Waals surface area (Å²) in [6, 6.07) is 32.2. The number of aliphatic imine (C=N–C) groups is 2. The Balaban J connectivity index is 1.15. The Morgan fingerprint density at radius 3 is 1.57 bits per heavy atom. The number of nitrogens with one attached hydrogen (secondary N) is 2. The highest BCUT2D eigenvalue weighted by Crippen LogP contribution is 2.35. The predicted octanol–water partition coefficient (Wildman–Crippen LogP) is 15.4. The maximum absolute atomic E-state index is 9.71. The van der Waals surface area contributed by atoms with Gasteiger partial charge in [0.05, 0.1) is 23.3 Å². The van der Waals surface area contributed by atoms with Gasteiger partial charge in [0.25, 0.3) is 0 Å². The van der Waals surface area contributed by atoms with Gasteiger partial charge >= 0.3 is 0 Å². The molecule has 11 heteroatoms. The number of unbranched alkanes of at least 4 members (excludes halogenated alkanes) is 2. The third-order valence-corrected chi connectivity index (χ3v) is 13.4. The third-order valence-electron chi connectivity index (χ3n) is 13.1. The van der Waals surface area contributed by atoms with Crippen LogP contribution in [0.4, 0.5) is 0 Å². The minimum absolute atomic E-state index is 0.120. The minimum atomic E-state index is -0.245. The first-order chi connectivity index (χ1) is 38.0. The molecule has 3 N–H and O–H groups in total. The van der Waals surface area contributed by atoms with E-state index in [0.717, 1.165) is 77.7 Å². The number of phenols is 1. The summed E-state index contributed by atoms with van der Waals surface area (Å²) in [5.74, 6) is 3.96. The van der Waals surface area contributed by atoms with Gasteiger partial charge in [-0.15, -0.1) is 0 Å². The third kappa shape index (κ3) is 23.5. The van der Waals surface area contributed by atoms with Gasteiger partial charge in [-0.25, -0.2) is 0 Å². The molecular weight excluding hydrogens is 1000 g/mol. The van der Waals surface area contributed by atoms with Crippen molar-refractivity contribution in [3.63, 3.8) is 0 Å². The minimum Gasteiger partial charge on any atom is -0.508 e. The zero-order chi connectivity index (χ0) is 57.5. The van der Waals surface area contributed by atoms with E-state index < -0.39 is 0 Å². The molecule has 0 aliphatic rings.